The Hall–Kier alpha value is -3.57. The van der Waals surface area contributed by atoms with Gasteiger partial charge in [0, 0.05) is 45.6 Å². The number of allylic oxidation sites excluding steroid dienone is 1. The smallest absolute Gasteiger partial charge is 0.334 e. The van der Waals surface area contributed by atoms with Crippen LogP contribution in [0, 0.1) is 52.3 Å². The lowest BCUT2D eigenvalue weighted by Crippen LogP contribution is -2.67. The average molecular weight is 649 g/mol. The minimum Gasteiger partial charge on any atom is -0.478 e. The summed E-state index contributed by atoms with van der Waals surface area (Å²) in [6.07, 6.45) is 1.75. The van der Waals surface area contributed by atoms with E-state index in [-0.39, 0.29) is 59.3 Å². The molecule has 1 spiro atoms. The number of aliphatic hydroxyl groups is 2. The predicted octanol–water partition coefficient (Wildman–Crippen LogP) is 2.60. The van der Waals surface area contributed by atoms with E-state index in [1.165, 1.54) is 21.0 Å². The number of aliphatic carboxylic acids is 1. The van der Waals surface area contributed by atoms with E-state index in [4.69, 9.17) is 19.3 Å². The minimum absolute atomic E-state index is 0.0128. The second-order valence-corrected chi connectivity index (χ2v) is 15.7. The van der Waals surface area contributed by atoms with Gasteiger partial charge in [0.2, 0.25) is 0 Å². The highest BCUT2D eigenvalue weighted by molar-refractivity contribution is 6.09. The number of hydrogen-bond donors (Lipinski definition) is 3. The molecule has 0 amide bonds. The van der Waals surface area contributed by atoms with Gasteiger partial charge in [-0.1, -0.05) is 19.4 Å². The molecule has 0 saturated heterocycles. The number of rotatable bonds is 5. The van der Waals surface area contributed by atoms with Crippen LogP contribution in [0.2, 0.25) is 0 Å². The van der Waals surface area contributed by atoms with Gasteiger partial charge in [0.05, 0.1) is 13.0 Å². The number of hydrogen-bond acceptors (Lipinski definition) is 10. The Morgan fingerprint density at radius 1 is 1.02 bits per heavy atom. The van der Waals surface area contributed by atoms with Gasteiger partial charge >= 0.3 is 23.9 Å². The van der Waals surface area contributed by atoms with Crippen molar-refractivity contribution in [2.24, 2.45) is 52.3 Å². The molecule has 7 aliphatic carbocycles. The van der Waals surface area contributed by atoms with Crippen molar-refractivity contribution in [1.29, 1.82) is 0 Å². The quantitative estimate of drug-likeness (QED) is 0.173. The van der Waals surface area contributed by atoms with Crippen molar-refractivity contribution in [3.8, 4) is 0 Å². The van der Waals surface area contributed by atoms with Gasteiger partial charge in [-0.15, -0.1) is 0 Å². The van der Waals surface area contributed by atoms with Crippen molar-refractivity contribution >= 4 is 29.7 Å². The summed E-state index contributed by atoms with van der Waals surface area (Å²) in [5, 5.41) is 33.3. The summed E-state index contributed by atoms with van der Waals surface area (Å²) in [4.78, 5) is 65.1. The van der Waals surface area contributed by atoms with Crippen LogP contribution < -0.4 is 0 Å². The summed E-state index contributed by atoms with van der Waals surface area (Å²) in [5.41, 5.74) is -0.930. The number of aliphatic hydroxyl groups excluding tert-OH is 1. The third-order valence-electron chi connectivity index (χ3n) is 14.2. The molecule has 11 nitrogen and oxygen atoms in total. The molecule has 1 aliphatic heterocycles. The Labute approximate surface area is 271 Å². The third-order valence-corrected chi connectivity index (χ3v) is 14.2. The topological polar surface area (TPSA) is 174 Å². The lowest BCUT2D eigenvalue weighted by Gasteiger charge is -2.63. The lowest BCUT2D eigenvalue weighted by molar-refractivity contribution is -0.191. The SMILES string of the molecule is COC(=O)/C(C)=C1\C(=O)[C@H](O)[C@]2(C)C3=C(C[C@@H]4[C@]5(OC(=O)C(C)=C5C[C@H]5[C@](O)(COC(=O)/C(C)=C/C(=O)O)[C@H]6C[C@H]6[C@]45C)[C@H]31)[C@H]1C[C@H]12. The molecule has 0 aromatic heterocycles. The van der Waals surface area contributed by atoms with Crippen molar-refractivity contribution in [3.63, 3.8) is 0 Å². The van der Waals surface area contributed by atoms with Gasteiger partial charge in [-0.2, -0.15) is 0 Å². The first-order chi connectivity index (χ1) is 22.0. The predicted molar refractivity (Wildman–Crippen MR) is 161 cm³/mol. The maximum atomic E-state index is 14.4. The molecule has 3 N–H and O–H groups in total. The molecule has 8 aliphatic rings. The summed E-state index contributed by atoms with van der Waals surface area (Å²) in [5.74, 6) is -5.36. The molecule has 0 radical (unpaired) electrons. The van der Waals surface area contributed by atoms with Crippen LogP contribution in [0.25, 0.3) is 0 Å². The number of carbonyl (C=O) groups is 5. The molecule has 11 heteroatoms. The van der Waals surface area contributed by atoms with E-state index in [0.717, 1.165) is 23.6 Å². The van der Waals surface area contributed by atoms with Crippen LogP contribution in [0.4, 0.5) is 0 Å². The largest absolute Gasteiger partial charge is 0.478 e. The summed E-state index contributed by atoms with van der Waals surface area (Å²) in [6, 6.07) is 0. The van der Waals surface area contributed by atoms with E-state index in [9.17, 15) is 34.2 Å². The zero-order chi connectivity index (χ0) is 33.9. The summed E-state index contributed by atoms with van der Waals surface area (Å²) in [7, 11) is 1.24. The molecule has 0 aromatic carbocycles. The Morgan fingerprint density at radius 3 is 2.38 bits per heavy atom. The Bertz CT molecular complexity index is 1760. The number of Topliss-reactive ketones (excluding diaryl/α,β-unsaturated/α-hetero) is 1. The normalized spacial score (nSPS) is 47.6. The number of ketones is 1. The summed E-state index contributed by atoms with van der Waals surface area (Å²) < 4.78 is 17.3. The molecule has 250 valence electrons. The number of methoxy groups -OCH3 is 1. The van der Waals surface area contributed by atoms with E-state index in [0.29, 0.717) is 24.0 Å². The van der Waals surface area contributed by atoms with Crippen LogP contribution in [0.1, 0.15) is 60.3 Å². The third kappa shape index (κ3) is 3.37. The number of esters is 3. The molecule has 1 heterocycles. The maximum Gasteiger partial charge on any atom is 0.334 e. The number of ether oxygens (including phenoxy) is 3. The van der Waals surface area contributed by atoms with E-state index in [2.05, 4.69) is 6.92 Å². The molecule has 12 atom stereocenters. The number of carboxylic acids is 1. The van der Waals surface area contributed by atoms with Crippen LogP contribution in [-0.2, 0) is 38.2 Å². The van der Waals surface area contributed by atoms with Gasteiger partial charge in [0.25, 0.3) is 0 Å². The molecular formula is C36H40O11. The van der Waals surface area contributed by atoms with Crippen molar-refractivity contribution in [2.75, 3.05) is 13.7 Å². The fourth-order valence-electron chi connectivity index (χ4n) is 12.0. The lowest BCUT2D eigenvalue weighted by atomic mass is 9.42. The maximum absolute atomic E-state index is 14.4. The molecule has 5 fully saturated rings. The van der Waals surface area contributed by atoms with Gasteiger partial charge in [0.1, 0.15) is 23.9 Å². The first-order valence-corrected chi connectivity index (χ1v) is 16.5. The molecule has 0 aromatic rings. The fraction of sp³-hybridized carbons (Fsp3) is 0.639. The summed E-state index contributed by atoms with van der Waals surface area (Å²) in [6.45, 7) is 8.33. The monoisotopic (exact) mass is 648 g/mol. The molecule has 0 unspecified atom stereocenters. The molecule has 0 bridgehead atoms. The van der Waals surface area contributed by atoms with E-state index in [1.807, 2.05) is 6.92 Å². The van der Waals surface area contributed by atoms with Crippen LogP contribution in [0.5, 0.6) is 0 Å². The minimum atomic E-state index is -1.44. The van der Waals surface area contributed by atoms with E-state index >= 15 is 0 Å². The first kappa shape index (κ1) is 30.7. The zero-order valence-corrected chi connectivity index (χ0v) is 27.3. The highest BCUT2D eigenvalue weighted by atomic mass is 16.6. The number of carboxylic acid groups (broad SMARTS) is 1. The number of carbonyl (C=O) groups excluding carboxylic acids is 4. The standard InChI is InChI=1S/C36H40O11/c1-13(7-24(37)38)30(41)46-12-35(44)21-10-20(21)33(4)22(35)11-18-14(2)32(43)47-36(18)23(33)9-17-16-8-19(16)34(5)26(17)27(36)25(28(39)29(34)40)15(3)31(42)45-6/h7,16,19-23,27,29,40,44H,8-12H2,1-6H3,(H,37,38)/b13-7+,25-15-/t16-,19-,20-,21+,22-,23+,27+,29+,33+,34+,35+,36+/m1/s1. The molecule has 47 heavy (non-hydrogen) atoms. The fourth-order valence-corrected chi connectivity index (χ4v) is 12.0. The first-order valence-electron chi connectivity index (χ1n) is 16.5. The van der Waals surface area contributed by atoms with Crippen LogP contribution in [0.15, 0.2) is 45.1 Å². The van der Waals surface area contributed by atoms with Crippen LogP contribution in [-0.4, -0.2) is 76.0 Å². The second-order valence-electron chi connectivity index (χ2n) is 15.7. The van der Waals surface area contributed by atoms with Crippen molar-refractivity contribution in [3.05, 3.63) is 45.1 Å². The second kappa shape index (κ2) is 9.11. The Morgan fingerprint density at radius 2 is 1.72 bits per heavy atom. The average Bonchev–Trinajstić information content (AvgIpc) is 3.94. The highest BCUT2D eigenvalue weighted by Crippen LogP contribution is 2.83. The van der Waals surface area contributed by atoms with E-state index in [1.54, 1.807) is 6.92 Å². The van der Waals surface area contributed by atoms with Gasteiger partial charge in [-0.25, -0.2) is 19.2 Å². The van der Waals surface area contributed by atoms with Crippen LogP contribution in [0.3, 0.4) is 0 Å². The van der Waals surface area contributed by atoms with Gasteiger partial charge in [-0.05, 0) is 86.7 Å². The summed E-state index contributed by atoms with van der Waals surface area (Å²) >= 11 is 0. The van der Waals surface area contributed by atoms with E-state index < -0.39 is 69.6 Å². The Balaban J connectivity index is 1.31. The van der Waals surface area contributed by atoms with Gasteiger partial charge < -0.3 is 29.5 Å². The number of fused-ring (bicyclic) bond motifs is 7. The zero-order valence-electron chi connectivity index (χ0n) is 27.3. The van der Waals surface area contributed by atoms with Crippen molar-refractivity contribution < 1.29 is 53.5 Å². The highest BCUT2D eigenvalue weighted by Gasteiger charge is 2.84. The van der Waals surface area contributed by atoms with Crippen molar-refractivity contribution in [1.82, 2.24) is 0 Å². The van der Waals surface area contributed by atoms with Gasteiger partial charge in [-0.3, -0.25) is 4.79 Å². The van der Waals surface area contributed by atoms with Crippen LogP contribution >= 0.6 is 0 Å². The molecular weight excluding hydrogens is 608 g/mol. The van der Waals surface area contributed by atoms with Crippen molar-refractivity contribution in [2.45, 2.75) is 77.6 Å². The Kier molecular flexibility index (Phi) is 5.96. The molecule has 5 saturated carbocycles. The van der Waals surface area contributed by atoms with Gasteiger partial charge in [0.15, 0.2) is 5.78 Å². The molecule has 8 rings (SSSR count).